The molecule has 3 aromatic carbocycles. The lowest BCUT2D eigenvalue weighted by Gasteiger charge is -2.28. The zero-order valence-electron chi connectivity index (χ0n) is 26.3. The number of rotatable bonds is 15. The topological polar surface area (TPSA) is 84.7 Å². The van der Waals surface area contributed by atoms with Gasteiger partial charge in [0.2, 0.25) is 0 Å². The summed E-state index contributed by atoms with van der Waals surface area (Å²) in [5.41, 5.74) is 10.5. The number of halogens is 2. The molecule has 0 spiro atoms. The normalized spacial score (nSPS) is 15.0. The SMILES string of the molecule is CCCN(CCC)C(=O)c1cc(C)cc(C(=O)N[C@@H](Cc2cc(F)cc(F)c2)C(N)COC2(c3cccc(CC)c3)CC2)c1. The highest BCUT2D eigenvalue weighted by Gasteiger charge is 2.46. The number of hydrogen-bond donors (Lipinski definition) is 2. The Morgan fingerprint density at radius 3 is 2.20 bits per heavy atom. The van der Waals surface area contributed by atoms with Crippen molar-refractivity contribution >= 4 is 11.8 Å². The third-order valence-electron chi connectivity index (χ3n) is 8.19. The summed E-state index contributed by atoms with van der Waals surface area (Å²) in [6, 6.07) is 15.4. The van der Waals surface area contributed by atoms with Gasteiger partial charge in [-0.05, 0) is 98.0 Å². The second-order valence-corrected chi connectivity index (χ2v) is 12.0. The molecule has 1 saturated carbocycles. The Kier molecular flexibility index (Phi) is 11.3. The molecule has 2 amide bonds. The Morgan fingerprint density at radius 2 is 1.59 bits per heavy atom. The minimum Gasteiger partial charge on any atom is -0.369 e. The van der Waals surface area contributed by atoms with Gasteiger partial charge in [-0.1, -0.05) is 45.0 Å². The van der Waals surface area contributed by atoms with Crippen LogP contribution in [0.1, 0.15) is 89.4 Å². The number of nitrogens with one attached hydrogen (secondary N) is 1. The van der Waals surface area contributed by atoms with Crippen molar-refractivity contribution in [3.8, 4) is 0 Å². The first-order valence-corrected chi connectivity index (χ1v) is 15.7. The summed E-state index contributed by atoms with van der Waals surface area (Å²) in [6.07, 6.45) is 4.42. The van der Waals surface area contributed by atoms with E-state index in [0.29, 0.717) is 29.8 Å². The van der Waals surface area contributed by atoms with Crippen molar-refractivity contribution < 1.29 is 23.1 Å². The van der Waals surface area contributed by atoms with Crippen LogP contribution in [0.25, 0.3) is 0 Å². The summed E-state index contributed by atoms with van der Waals surface area (Å²) in [6.45, 7) is 9.40. The molecule has 44 heavy (non-hydrogen) atoms. The Labute approximate surface area is 260 Å². The number of amides is 2. The van der Waals surface area contributed by atoms with E-state index in [4.69, 9.17) is 10.5 Å². The zero-order chi connectivity index (χ0) is 31.9. The summed E-state index contributed by atoms with van der Waals surface area (Å²) in [5.74, 6) is -1.94. The molecule has 3 aromatic rings. The molecule has 0 bridgehead atoms. The average molecular weight is 606 g/mol. The maximum atomic E-state index is 14.1. The first-order valence-electron chi connectivity index (χ1n) is 15.7. The number of benzene rings is 3. The third kappa shape index (κ3) is 8.51. The molecule has 1 fully saturated rings. The van der Waals surface area contributed by atoms with Gasteiger partial charge < -0.3 is 20.7 Å². The van der Waals surface area contributed by atoms with Gasteiger partial charge in [0.15, 0.2) is 0 Å². The maximum absolute atomic E-state index is 14.1. The van der Waals surface area contributed by atoms with Crippen LogP contribution in [0.4, 0.5) is 8.78 Å². The van der Waals surface area contributed by atoms with Crippen LogP contribution in [0, 0.1) is 18.6 Å². The van der Waals surface area contributed by atoms with Gasteiger partial charge in [-0.2, -0.15) is 0 Å². The molecule has 236 valence electrons. The third-order valence-corrected chi connectivity index (χ3v) is 8.19. The lowest BCUT2D eigenvalue weighted by atomic mass is 9.98. The molecule has 0 radical (unpaired) electrons. The van der Waals surface area contributed by atoms with E-state index in [1.165, 1.54) is 17.7 Å². The van der Waals surface area contributed by atoms with Crippen LogP contribution in [0.5, 0.6) is 0 Å². The molecule has 4 rings (SSSR count). The minimum atomic E-state index is -0.701. The molecule has 1 aliphatic carbocycles. The van der Waals surface area contributed by atoms with E-state index in [2.05, 4.69) is 30.4 Å². The number of aryl methyl sites for hydroxylation is 2. The highest BCUT2D eigenvalue weighted by atomic mass is 19.1. The van der Waals surface area contributed by atoms with Gasteiger partial charge in [-0.25, -0.2) is 8.78 Å². The van der Waals surface area contributed by atoms with Crippen LogP contribution in [-0.4, -0.2) is 48.5 Å². The molecule has 2 atom stereocenters. The number of nitrogens with two attached hydrogens (primary N) is 1. The van der Waals surface area contributed by atoms with Crippen LogP contribution in [-0.2, 0) is 23.2 Å². The fraction of sp³-hybridized carbons (Fsp3) is 0.444. The van der Waals surface area contributed by atoms with Gasteiger partial charge in [0, 0.05) is 36.3 Å². The van der Waals surface area contributed by atoms with E-state index in [1.54, 1.807) is 23.1 Å². The fourth-order valence-corrected chi connectivity index (χ4v) is 5.70. The molecule has 0 aliphatic heterocycles. The molecular formula is C36H45F2N3O3. The van der Waals surface area contributed by atoms with Gasteiger partial charge in [-0.3, -0.25) is 9.59 Å². The first kappa shape index (κ1) is 33.3. The standard InChI is InChI=1S/C36H45F2N3O3/c1-5-13-41(14-6-2)35(43)28-16-24(4)15-27(21-28)34(42)40-33(20-26-18-30(37)22-31(38)19-26)32(39)23-44-36(11-12-36)29-10-8-9-25(7-3)17-29/h8-10,15-19,21-22,32-33H,5-7,11-14,20,23,39H2,1-4H3,(H,40,42)/t32?,33-/m0/s1. The molecule has 8 heteroatoms. The minimum absolute atomic E-state index is 0.0989. The van der Waals surface area contributed by atoms with E-state index in [1.807, 2.05) is 26.8 Å². The van der Waals surface area contributed by atoms with Crippen molar-refractivity contribution in [3.05, 3.63) is 106 Å². The molecule has 3 N–H and O–H groups in total. The van der Waals surface area contributed by atoms with E-state index >= 15 is 0 Å². The van der Waals surface area contributed by atoms with Crippen molar-refractivity contribution in [2.24, 2.45) is 5.73 Å². The van der Waals surface area contributed by atoms with Gasteiger partial charge in [0.1, 0.15) is 11.6 Å². The second kappa shape index (κ2) is 14.9. The summed E-state index contributed by atoms with van der Waals surface area (Å²) < 4.78 is 34.6. The first-order chi connectivity index (χ1) is 21.1. The molecule has 1 aliphatic rings. The Morgan fingerprint density at radius 1 is 0.932 bits per heavy atom. The average Bonchev–Trinajstić information content (AvgIpc) is 3.79. The second-order valence-electron chi connectivity index (χ2n) is 12.0. The molecule has 1 unspecified atom stereocenters. The van der Waals surface area contributed by atoms with Crippen molar-refractivity contribution in [1.29, 1.82) is 0 Å². The van der Waals surface area contributed by atoms with Gasteiger partial charge in [0.05, 0.1) is 18.2 Å². The van der Waals surface area contributed by atoms with Crippen LogP contribution < -0.4 is 11.1 Å². The zero-order valence-corrected chi connectivity index (χ0v) is 26.3. The number of hydrogen-bond acceptors (Lipinski definition) is 4. The lowest BCUT2D eigenvalue weighted by molar-refractivity contribution is 0.0163. The number of nitrogens with zero attached hydrogens (tertiary/aromatic N) is 1. The Balaban J connectivity index is 1.55. The Hall–Kier alpha value is -3.62. The summed E-state index contributed by atoms with van der Waals surface area (Å²) in [4.78, 5) is 28.8. The molecule has 6 nitrogen and oxygen atoms in total. The predicted molar refractivity (Wildman–Crippen MR) is 170 cm³/mol. The van der Waals surface area contributed by atoms with E-state index in [-0.39, 0.29) is 18.9 Å². The fourth-order valence-electron chi connectivity index (χ4n) is 5.70. The summed E-state index contributed by atoms with van der Waals surface area (Å²) >= 11 is 0. The van der Waals surface area contributed by atoms with E-state index < -0.39 is 35.2 Å². The summed E-state index contributed by atoms with van der Waals surface area (Å²) in [7, 11) is 0. The predicted octanol–water partition coefficient (Wildman–Crippen LogP) is 6.47. The number of carbonyl (C=O) groups excluding carboxylic acids is 2. The number of ether oxygens (including phenoxy) is 1. The summed E-state index contributed by atoms with van der Waals surface area (Å²) in [5, 5.41) is 2.99. The van der Waals surface area contributed by atoms with Crippen LogP contribution in [0.3, 0.4) is 0 Å². The van der Waals surface area contributed by atoms with Gasteiger partial charge >= 0.3 is 0 Å². The lowest BCUT2D eigenvalue weighted by Crippen LogP contribution is -2.51. The van der Waals surface area contributed by atoms with Crippen LogP contribution in [0.2, 0.25) is 0 Å². The molecule has 0 saturated heterocycles. The quantitative estimate of drug-likeness (QED) is 0.208. The van der Waals surface area contributed by atoms with E-state index in [0.717, 1.165) is 49.3 Å². The highest BCUT2D eigenvalue weighted by molar-refractivity contribution is 6.00. The Bertz CT molecular complexity index is 1430. The molecule has 0 heterocycles. The highest BCUT2D eigenvalue weighted by Crippen LogP contribution is 2.49. The van der Waals surface area contributed by atoms with Gasteiger partial charge in [0.25, 0.3) is 11.8 Å². The molecule has 0 aromatic heterocycles. The van der Waals surface area contributed by atoms with Crippen LogP contribution >= 0.6 is 0 Å². The largest absolute Gasteiger partial charge is 0.369 e. The van der Waals surface area contributed by atoms with Crippen molar-refractivity contribution in [3.63, 3.8) is 0 Å². The van der Waals surface area contributed by atoms with Gasteiger partial charge in [-0.15, -0.1) is 0 Å². The monoisotopic (exact) mass is 605 g/mol. The maximum Gasteiger partial charge on any atom is 0.253 e. The number of carbonyl (C=O) groups is 2. The van der Waals surface area contributed by atoms with E-state index in [9.17, 15) is 18.4 Å². The smallest absolute Gasteiger partial charge is 0.253 e. The molecular weight excluding hydrogens is 560 g/mol. The van der Waals surface area contributed by atoms with Crippen molar-refractivity contribution in [2.75, 3.05) is 19.7 Å². The van der Waals surface area contributed by atoms with Crippen LogP contribution in [0.15, 0.2) is 60.7 Å². The van der Waals surface area contributed by atoms with Crippen molar-refractivity contribution in [2.45, 2.75) is 83.9 Å². The van der Waals surface area contributed by atoms with Crippen molar-refractivity contribution in [1.82, 2.24) is 10.2 Å².